The average molecular weight is 402 g/mol. The first-order valence-electron chi connectivity index (χ1n) is 9.60. The number of benzene rings is 1. The fourth-order valence-corrected chi connectivity index (χ4v) is 4.05. The predicted octanol–water partition coefficient (Wildman–Crippen LogP) is 3.04. The van der Waals surface area contributed by atoms with Gasteiger partial charge in [-0.15, -0.1) is 11.3 Å². The molecule has 1 aromatic carbocycles. The predicted molar refractivity (Wildman–Crippen MR) is 111 cm³/mol. The third-order valence-corrected chi connectivity index (χ3v) is 5.75. The molecule has 0 bridgehead atoms. The van der Waals surface area contributed by atoms with Gasteiger partial charge in [0, 0.05) is 31.1 Å². The Labute approximate surface area is 170 Å². The lowest BCUT2D eigenvalue weighted by molar-refractivity contribution is -0.123. The molecule has 1 atom stereocenters. The van der Waals surface area contributed by atoms with E-state index in [9.17, 15) is 9.59 Å². The van der Waals surface area contributed by atoms with Crippen LogP contribution in [0.5, 0.6) is 0 Å². The maximum absolute atomic E-state index is 12.7. The lowest BCUT2D eigenvalue weighted by Gasteiger charge is -2.33. The zero-order chi connectivity index (χ0) is 19.9. The maximum atomic E-state index is 12.7. The van der Waals surface area contributed by atoms with Crippen molar-refractivity contribution in [1.82, 2.24) is 15.1 Å². The lowest BCUT2D eigenvalue weighted by Crippen LogP contribution is -2.51. The first kappa shape index (κ1) is 20.4. The number of piperazine rings is 1. The number of nitrogens with zero attached hydrogens (tertiary/aromatic N) is 2. The molecular weight excluding hydrogens is 374 g/mol. The molecule has 28 heavy (non-hydrogen) atoms. The van der Waals surface area contributed by atoms with Gasteiger partial charge >= 0.3 is 6.09 Å². The number of amides is 2. The topological polar surface area (TPSA) is 61.9 Å². The van der Waals surface area contributed by atoms with Gasteiger partial charge in [0.05, 0.1) is 19.2 Å². The molecule has 7 heteroatoms. The highest BCUT2D eigenvalue weighted by Crippen LogP contribution is 2.26. The van der Waals surface area contributed by atoms with Crippen LogP contribution in [0.15, 0.2) is 41.8 Å². The number of thiophene rings is 1. The average Bonchev–Trinajstić information content (AvgIpc) is 3.22. The summed E-state index contributed by atoms with van der Waals surface area (Å²) in [5.74, 6) is -0.0106. The minimum absolute atomic E-state index is 0.0106. The third kappa shape index (κ3) is 5.33. The van der Waals surface area contributed by atoms with E-state index in [1.54, 1.807) is 23.2 Å². The Morgan fingerprint density at radius 1 is 1.14 bits per heavy atom. The molecule has 6 nitrogen and oxygen atoms in total. The molecule has 1 aliphatic rings. The number of hydrogen-bond acceptors (Lipinski definition) is 5. The Morgan fingerprint density at radius 3 is 2.46 bits per heavy atom. The van der Waals surface area contributed by atoms with Crippen LogP contribution in [0.2, 0.25) is 0 Å². The minimum atomic E-state index is -0.274. The molecular formula is C21H27N3O3S. The van der Waals surface area contributed by atoms with Gasteiger partial charge in [0.25, 0.3) is 0 Å². The highest BCUT2D eigenvalue weighted by atomic mass is 32.1. The summed E-state index contributed by atoms with van der Waals surface area (Å²) in [5, 5.41) is 5.21. The van der Waals surface area contributed by atoms with E-state index in [2.05, 4.69) is 41.4 Å². The molecule has 0 radical (unpaired) electrons. The number of rotatable bonds is 6. The molecule has 0 saturated carbocycles. The summed E-state index contributed by atoms with van der Waals surface area (Å²) in [6, 6.07) is 12.2. The van der Waals surface area contributed by atoms with Gasteiger partial charge in [-0.1, -0.05) is 35.9 Å². The Kier molecular flexibility index (Phi) is 7.06. The quantitative estimate of drug-likeness (QED) is 0.808. The molecule has 3 rings (SSSR count). The summed E-state index contributed by atoms with van der Waals surface area (Å²) >= 11 is 1.64. The highest BCUT2D eigenvalue weighted by molar-refractivity contribution is 7.10. The van der Waals surface area contributed by atoms with Crippen molar-refractivity contribution in [3.63, 3.8) is 0 Å². The van der Waals surface area contributed by atoms with Gasteiger partial charge in [-0.25, -0.2) is 4.79 Å². The summed E-state index contributed by atoms with van der Waals surface area (Å²) in [4.78, 5) is 29.4. The summed E-state index contributed by atoms with van der Waals surface area (Å²) < 4.78 is 5.04. The number of aryl methyl sites for hydroxylation is 1. The van der Waals surface area contributed by atoms with E-state index in [0.29, 0.717) is 39.3 Å². The van der Waals surface area contributed by atoms with Gasteiger partial charge in [-0.2, -0.15) is 0 Å². The molecule has 2 amide bonds. The molecule has 1 unspecified atom stereocenters. The second-order valence-electron chi connectivity index (χ2n) is 6.89. The molecule has 0 spiro atoms. The normalized spacial score (nSPS) is 15.9. The molecule has 1 aromatic heterocycles. The van der Waals surface area contributed by atoms with E-state index in [4.69, 9.17) is 4.74 Å². The second-order valence-corrected chi connectivity index (χ2v) is 7.87. The summed E-state index contributed by atoms with van der Waals surface area (Å²) in [6.45, 7) is 7.06. The fraction of sp³-hybridized carbons (Fsp3) is 0.429. The number of nitrogens with one attached hydrogen (secondary N) is 1. The summed E-state index contributed by atoms with van der Waals surface area (Å²) in [5.41, 5.74) is 2.27. The Morgan fingerprint density at radius 2 is 1.86 bits per heavy atom. The van der Waals surface area contributed by atoms with Crippen LogP contribution >= 0.6 is 11.3 Å². The molecule has 0 aliphatic carbocycles. The van der Waals surface area contributed by atoms with Crippen molar-refractivity contribution in [3.05, 3.63) is 57.8 Å². The fourth-order valence-electron chi connectivity index (χ4n) is 3.25. The van der Waals surface area contributed by atoms with E-state index in [1.807, 2.05) is 17.5 Å². The van der Waals surface area contributed by atoms with Crippen molar-refractivity contribution in [1.29, 1.82) is 0 Å². The van der Waals surface area contributed by atoms with Gasteiger partial charge in [-0.3, -0.25) is 9.69 Å². The van der Waals surface area contributed by atoms with E-state index in [-0.39, 0.29) is 18.0 Å². The van der Waals surface area contributed by atoms with Crippen molar-refractivity contribution in [2.45, 2.75) is 19.9 Å². The number of carbonyl (C=O) groups excluding carboxylic acids is 2. The van der Waals surface area contributed by atoms with Crippen LogP contribution in [0.3, 0.4) is 0 Å². The SMILES string of the molecule is CCOC(=O)N1CCN(CC(=O)NC(c2ccc(C)cc2)c2cccs2)CC1. The monoisotopic (exact) mass is 401 g/mol. The van der Waals surface area contributed by atoms with Crippen molar-refractivity contribution in [2.24, 2.45) is 0 Å². The minimum Gasteiger partial charge on any atom is -0.450 e. The van der Waals surface area contributed by atoms with Crippen molar-refractivity contribution >= 4 is 23.3 Å². The van der Waals surface area contributed by atoms with Crippen LogP contribution in [0.25, 0.3) is 0 Å². The van der Waals surface area contributed by atoms with Crippen LogP contribution in [-0.2, 0) is 9.53 Å². The van der Waals surface area contributed by atoms with Crippen LogP contribution < -0.4 is 5.32 Å². The molecule has 1 N–H and O–H groups in total. The summed E-state index contributed by atoms with van der Waals surface area (Å²) in [7, 11) is 0. The molecule has 150 valence electrons. The van der Waals surface area contributed by atoms with E-state index in [0.717, 1.165) is 10.4 Å². The molecule has 1 fully saturated rings. The van der Waals surface area contributed by atoms with Crippen LogP contribution in [-0.4, -0.2) is 61.1 Å². The third-order valence-electron chi connectivity index (χ3n) is 4.81. The van der Waals surface area contributed by atoms with Gasteiger partial charge in [0.1, 0.15) is 0 Å². The summed E-state index contributed by atoms with van der Waals surface area (Å²) in [6.07, 6.45) is -0.274. The zero-order valence-electron chi connectivity index (χ0n) is 16.4. The Hall–Kier alpha value is -2.38. The Bertz CT molecular complexity index is 769. The van der Waals surface area contributed by atoms with E-state index < -0.39 is 0 Å². The molecule has 2 aromatic rings. The largest absolute Gasteiger partial charge is 0.450 e. The molecule has 2 heterocycles. The Balaban J connectivity index is 1.58. The number of ether oxygens (including phenoxy) is 1. The van der Waals surface area contributed by atoms with Crippen molar-refractivity contribution in [3.8, 4) is 0 Å². The first-order valence-corrected chi connectivity index (χ1v) is 10.5. The van der Waals surface area contributed by atoms with Crippen molar-refractivity contribution < 1.29 is 14.3 Å². The van der Waals surface area contributed by atoms with Gasteiger partial charge in [-0.05, 0) is 30.9 Å². The van der Waals surface area contributed by atoms with Gasteiger partial charge < -0.3 is 15.0 Å². The lowest BCUT2D eigenvalue weighted by atomic mass is 10.0. The maximum Gasteiger partial charge on any atom is 0.409 e. The van der Waals surface area contributed by atoms with Crippen LogP contribution in [0, 0.1) is 6.92 Å². The van der Waals surface area contributed by atoms with E-state index >= 15 is 0 Å². The van der Waals surface area contributed by atoms with Crippen LogP contribution in [0.4, 0.5) is 4.79 Å². The van der Waals surface area contributed by atoms with Gasteiger partial charge in [0.15, 0.2) is 0 Å². The van der Waals surface area contributed by atoms with Gasteiger partial charge in [0.2, 0.25) is 5.91 Å². The smallest absolute Gasteiger partial charge is 0.409 e. The van der Waals surface area contributed by atoms with E-state index in [1.165, 1.54) is 5.56 Å². The number of hydrogen-bond donors (Lipinski definition) is 1. The number of carbonyl (C=O) groups is 2. The highest BCUT2D eigenvalue weighted by Gasteiger charge is 2.24. The molecule has 1 aliphatic heterocycles. The van der Waals surface area contributed by atoms with Crippen molar-refractivity contribution in [2.75, 3.05) is 39.3 Å². The first-order chi connectivity index (χ1) is 13.6. The standard InChI is InChI=1S/C21H27N3O3S/c1-3-27-21(26)24-12-10-23(11-13-24)15-19(25)22-20(18-5-4-14-28-18)17-8-6-16(2)7-9-17/h4-9,14,20H,3,10-13,15H2,1-2H3,(H,22,25). The zero-order valence-corrected chi connectivity index (χ0v) is 17.2. The van der Waals surface area contributed by atoms with Crippen LogP contribution in [0.1, 0.15) is 29.0 Å². The second kappa shape index (κ2) is 9.71. The molecule has 1 saturated heterocycles.